The van der Waals surface area contributed by atoms with E-state index < -0.39 is 0 Å². The molecule has 150 valence electrons. The third-order valence-electron chi connectivity index (χ3n) is 4.54. The van der Waals surface area contributed by atoms with Gasteiger partial charge >= 0.3 is 0 Å². The molecule has 1 aliphatic heterocycles. The zero-order valence-electron chi connectivity index (χ0n) is 16.7. The van der Waals surface area contributed by atoms with E-state index in [1.165, 1.54) is 4.90 Å². The summed E-state index contributed by atoms with van der Waals surface area (Å²) in [5, 5.41) is 2.96. The Kier molecular flexibility index (Phi) is 6.90. The summed E-state index contributed by atoms with van der Waals surface area (Å²) in [6.45, 7) is 8.85. The molecule has 0 aliphatic carbocycles. The van der Waals surface area contributed by atoms with E-state index in [-0.39, 0.29) is 18.1 Å². The zero-order chi connectivity index (χ0) is 19.9. The van der Waals surface area contributed by atoms with Crippen molar-refractivity contribution in [2.45, 2.75) is 33.0 Å². The second-order valence-corrected chi connectivity index (χ2v) is 7.17. The second-order valence-electron chi connectivity index (χ2n) is 7.17. The smallest absolute Gasteiger partial charge is 0.279 e. The molecule has 2 atom stereocenters. The maximum atomic E-state index is 12.3. The lowest BCUT2D eigenvalue weighted by atomic mass is 10.2. The van der Waals surface area contributed by atoms with Gasteiger partial charge in [0.25, 0.3) is 5.91 Å². The maximum absolute atomic E-state index is 12.3. The number of carbonyl (C=O) groups is 1. The Hall–Kier alpha value is -2.57. The predicted molar refractivity (Wildman–Crippen MR) is 108 cm³/mol. The van der Waals surface area contributed by atoms with Gasteiger partial charge in [-0.1, -0.05) is 0 Å². The number of nitrogens with one attached hydrogen (secondary N) is 2. The van der Waals surface area contributed by atoms with Crippen molar-refractivity contribution >= 4 is 11.6 Å². The summed E-state index contributed by atoms with van der Waals surface area (Å²) in [5.41, 5.74) is 0.762. The number of hydrogen-bond donors (Lipinski definition) is 2. The molecule has 3 rings (SSSR count). The first-order valence-corrected chi connectivity index (χ1v) is 9.81. The number of quaternary nitrogens is 1. The Morgan fingerprint density at radius 2 is 1.54 bits per heavy atom. The van der Waals surface area contributed by atoms with Crippen LogP contribution >= 0.6 is 0 Å². The Bertz CT molecular complexity index is 751. The lowest BCUT2D eigenvalue weighted by Gasteiger charge is -2.31. The molecule has 1 amide bonds. The Balaban J connectivity index is 1.50. The van der Waals surface area contributed by atoms with E-state index in [2.05, 4.69) is 19.2 Å². The molecule has 0 radical (unpaired) electrons. The minimum Gasteiger partial charge on any atom is -0.494 e. The summed E-state index contributed by atoms with van der Waals surface area (Å²) in [4.78, 5) is 13.6. The summed E-state index contributed by atoms with van der Waals surface area (Å²) < 4.78 is 17.0. The number of ether oxygens (including phenoxy) is 3. The van der Waals surface area contributed by atoms with Gasteiger partial charge in [0.1, 0.15) is 42.5 Å². The van der Waals surface area contributed by atoms with E-state index in [9.17, 15) is 4.79 Å². The lowest BCUT2D eigenvalue weighted by molar-refractivity contribution is -0.907. The molecule has 2 aromatic carbocycles. The summed E-state index contributed by atoms with van der Waals surface area (Å²) in [6.07, 6.45) is 0.371. The van der Waals surface area contributed by atoms with Crippen molar-refractivity contribution in [1.82, 2.24) is 0 Å². The average molecular weight is 385 g/mol. The van der Waals surface area contributed by atoms with Crippen molar-refractivity contribution in [2.24, 2.45) is 0 Å². The number of rotatable bonds is 7. The third kappa shape index (κ3) is 5.97. The van der Waals surface area contributed by atoms with Gasteiger partial charge in [0.15, 0.2) is 6.54 Å². The standard InChI is InChI=1S/C22H28N2O4/c1-4-26-19-9-11-21(12-10-19)28-20-7-5-18(6-8-20)23-22(25)15-24-13-16(2)27-17(3)14-24/h5-12,16-17H,4,13-15H2,1-3H3,(H,23,25)/p+1/t16-,17-/m1/s1. The largest absolute Gasteiger partial charge is 0.494 e. The van der Waals surface area contributed by atoms with Gasteiger partial charge in [0.05, 0.1) is 6.61 Å². The van der Waals surface area contributed by atoms with Crippen LogP contribution in [0.3, 0.4) is 0 Å². The van der Waals surface area contributed by atoms with E-state index >= 15 is 0 Å². The fraction of sp³-hybridized carbons (Fsp3) is 0.409. The number of carbonyl (C=O) groups excluding carboxylic acids is 1. The highest BCUT2D eigenvalue weighted by atomic mass is 16.5. The third-order valence-corrected chi connectivity index (χ3v) is 4.54. The molecule has 1 heterocycles. The van der Waals surface area contributed by atoms with Gasteiger partial charge in [-0.25, -0.2) is 0 Å². The Morgan fingerprint density at radius 3 is 2.11 bits per heavy atom. The predicted octanol–water partition coefficient (Wildman–Crippen LogP) is 2.51. The minimum absolute atomic E-state index is 0.0106. The molecule has 1 fully saturated rings. The molecule has 1 saturated heterocycles. The molecule has 0 unspecified atom stereocenters. The van der Waals surface area contributed by atoms with Crippen LogP contribution < -0.4 is 19.7 Å². The number of morpholine rings is 1. The van der Waals surface area contributed by atoms with E-state index in [0.717, 1.165) is 30.3 Å². The molecular weight excluding hydrogens is 356 g/mol. The first-order valence-electron chi connectivity index (χ1n) is 9.81. The summed E-state index contributed by atoms with van der Waals surface area (Å²) in [7, 11) is 0. The van der Waals surface area contributed by atoms with E-state index in [0.29, 0.717) is 18.9 Å². The zero-order valence-corrected chi connectivity index (χ0v) is 16.7. The molecule has 2 N–H and O–H groups in total. The highest BCUT2D eigenvalue weighted by Crippen LogP contribution is 2.25. The molecule has 6 heteroatoms. The Labute approximate surface area is 166 Å². The number of hydrogen-bond acceptors (Lipinski definition) is 4. The summed E-state index contributed by atoms with van der Waals surface area (Å²) in [5.74, 6) is 2.28. The summed E-state index contributed by atoms with van der Waals surface area (Å²) >= 11 is 0. The van der Waals surface area contributed by atoms with Crippen molar-refractivity contribution in [3.8, 4) is 17.2 Å². The molecule has 0 saturated carbocycles. The topological polar surface area (TPSA) is 61.2 Å². The van der Waals surface area contributed by atoms with Crippen molar-refractivity contribution in [3.63, 3.8) is 0 Å². The highest BCUT2D eigenvalue weighted by Gasteiger charge is 2.27. The molecule has 0 spiro atoms. The monoisotopic (exact) mass is 385 g/mol. The first kappa shape index (κ1) is 20.2. The van der Waals surface area contributed by atoms with Gasteiger partial charge in [-0.2, -0.15) is 0 Å². The van der Waals surface area contributed by atoms with Gasteiger partial charge in [0.2, 0.25) is 0 Å². The van der Waals surface area contributed by atoms with Crippen LogP contribution in [-0.4, -0.2) is 44.4 Å². The van der Waals surface area contributed by atoms with Crippen LogP contribution in [0.2, 0.25) is 0 Å². The van der Waals surface area contributed by atoms with Crippen molar-refractivity contribution in [1.29, 1.82) is 0 Å². The fourth-order valence-electron chi connectivity index (χ4n) is 3.48. The van der Waals surface area contributed by atoms with E-state index in [1.54, 1.807) is 0 Å². The number of amides is 1. The van der Waals surface area contributed by atoms with Gasteiger partial charge in [-0.05, 0) is 69.3 Å². The van der Waals surface area contributed by atoms with Crippen LogP contribution in [0.15, 0.2) is 48.5 Å². The van der Waals surface area contributed by atoms with Crippen LogP contribution in [0.25, 0.3) is 0 Å². The molecule has 6 nitrogen and oxygen atoms in total. The number of anilines is 1. The average Bonchev–Trinajstić information content (AvgIpc) is 2.64. The Morgan fingerprint density at radius 1 is 1.00 bits per heavy atom. The SMILES string of the molecule is CCOc1ccc(Oc2ccc(NC(=O)C[NH+]3C[C@@H](C)O[C@H](C)C3)cc2)cc1. The van der Waals surface area contributed by atoms with Gasteiger partial charge in [-0.3, -0.25) is 4.79 Å². The van der Waals surface area contributed by atoms with E-state index in [4.69, 9.17) is 14.2 Å². The van der Waals surface area contributed by atoms with Crippen LogP contribution in [0.1, 0.15) is 20.8 Å². The van der Waals surface area contributed by atoms with Gasteiger partial charge < -0.3 is 24.4 Å². The van der Waals surface area contributed by atoms with Crippen LogP contribution in [0, 0.1) is 0 Å². The minimum atomic E-state index is 0.0106. The molecule has 0 bridgehead atoms. The van der Waals surface area contributed by atoms with E-state index in [1.807, 2.05) is 55.5 Å². The van der Waals surface area contributed by atoms with Crippen LogP contribution in [0.5, 0.6) is 17.2 Å². The first-order chi connectivity index (χ1) is 13.5. The molecule has 2 aromatic rings. The highest BCUT2D eigenvalue weighted by molar-refractivity contribution is 5.91. The van der Waals surface area contributed by atoms with Crippen molar-refractivity contribution in [2.75, 3.05) is 31.6 Å². The molecule has 1 aliphatic rings. The van der Waals surface area contributed by atoms with Crippen molar-refractivity contribution in [3.05, 3.63) is 48.5 Å². The van der Waals surface area contributed by atoms with Crippen LogP contribution in [0.4, 0.5) is 5.69 Å². The molecular formula is C22H29N2O4+. The fourth-order valence-corrected chi connectivity index (χ4v) is 3.48. The number of benzene rings is 2. The second kappa shape index (κ2) is 9.57. The van der Waals surface area contributed by atoms with Gasteiger partial charge in [-0.15, -0.1) is 0 Å². The molecule has 28 heavy (non-hydrogen) atoms. The van der Waals surface area contributed by atoms with Crippen LogP contribution in [-0.2, 0) is 9.53 Å². The van der Waals surface area contributed by atoms with Crippen molar-refractivity contribution < 1.29 is 23.9 Å². The van der Waals surface area contributed by atoms with Gasteiger partial charge in [0, 0.05) is 5.69 Å². The quantitative estimate of drug-likeness (QED) is 0.769. The lowest BCUT2D eigenvalue weighted by Crippen LogP contribution is -3.16. The summed E-state index contributed by atoms with van der Waals surface area (Å²) in [6, 6.07) is 14.9. The maximum Gasteiger partial charge on any atom is 0.279 e. The normalized spacial score (nSPS) is 21.8. The molecule has 0 aromatic heterocycles.